The molecule has 10 heteroatoms. The van der Waals surface area contributed by atoms with Crippen LogP contribution in [0.1, 0.15) is 33.2 Å². The first-order valence-electron chi connectivity index (χ1n) is 9.14. The van der Waals surface area contributed by atoms with Gasteiger partial charge in [-0.3, -0.25) is 9.59 Å². The molecule has 0 aliphatic carbocycles. The largest absolute Gasteiger partial charge is 0.416 e. The fraction of sp³-hybridized carbons (Fsp3) is 0.238. The number of nitrogens with one attached hydrogen (secondary N) is 1. The third-order valence-corrected chi connectivity index (χ3v) is 5.29. The second-order valence-electron chi connectivity index (χ2n) is 7.18. The number of nitrogens with zero attached hydrogens (tertiary/aromatic N) is 1. The van der Waals surface area contributed by atoms with Gasteiger partial charge in [0.05, 0.1) is 30.2 Å². The maximum absolute atomic E-state index is 13.9. The molecule has 1 amide bonds. The molecule has 1 aliphatic rings. The zero-order valence-electron chi connectivity index (χ0n) is 16.0. The number of fused-ring (bicyclic) bond motifs is 3. The molecule has 0 radical (unpaired) electrons. The molecule has 0 saturated heterocycles. The van der Waals surface area contributed by atoms with Crippen LogP contribution in [-0.4, -0.2) is 29.4 Å². The van der Waals surface area contributed by atoms with Crippen LogP contribution < -0.4 is 5.56 Å². The molecule has 1 atom stereocenters. The number of pyridine rings is 1. The third kappa shape index (κ3) is 3.67. The van der Waals surface area contributed by atoms with E-state index in [2.05, 4.69) is 4.98 Å². The SMILES string of the molecule is CN(C(=O)c1ccc(C(F)(F)F)cc1)[C@@H]1COCc2[nH]c(=O)c3cc(F)c(F)cc3c21. The van der Waals surface area contributed by atoms with Crippen LogP contribution in [0.3, 0.4) is 0 Å². The Hall–Kier alpha value is -3.27. The van der Waals surface area contributed by atoms with Crippen LogP contribution in [-0.2, 0) is 17.5 Å². The topological polar surface area (TPSA) is 62.4 Å². The van der Waals surface area contributed by atoms with Crippen molar-refractivity contribution in [3.8, 4) is 0 Å². The summed E-state index contributed by atoms with van der Waals surface area (Å²) < 4.78 is 71.4. The molecule has 5 nitrogen and oxygen atoms in total. The number of benzene rings is 2. The summed E-state index contributed by atoms with van der Waals surface area (Å²) in [5.74, 6) is -2.94. The van der Waals surface area contributed by atoms with Gasteiger partial charge in [-0.15, -0.1) is 0 Å². The second kappa shape index (κ2) is 7.45. The van der Waals surface area contributed by atoms with Gasteiger partial charge in [0, 0.05) is 23.9 Å². The summed E-state index contributed by atoms with van der Waals surface area (Å²) in [4.78, 5) is 29.0. The summed E-state index contributed by atoms with van der Waals surface area (Å²) >= 11 is 0. The summed E-state index contributed by atoms with van der Waals surface area (Å²) in [5, 5.41) is 0.0537. The van der Waals surface area contributed by atoms with Crippen LogP contribution in [0.5, 0.6) is 0 Å². The van der Waals surface area contributed by atoms with Crippen LogP contribution in [0, 0.1) is 11.6 Å². The number of amides is 1. The fourth-order valence-electron chi connectivity index (χ4n) is 3.69. The van der Waals surface area contributed by atoms with E-state index in [1.807, 2.05) is 0 Å². The van der Waals surface area contributed by atoms with Gasteiger partial charge in [-0.05, 0) is 41.8 Å². The average Bonchev–Trinajstić information content (AvgIpc) is 2.73. The maximum Gasteiger partial charge on any atom is 0.416 e. The smallest absolute Gasteiger partial charge is 0.373 e. The van der Waals surface area contributed by atoms with E-state index in [1.54, 1.807) is 0 Å². The lowest BCUT2D eigenvalue weighted by Gasteiger charge is -2.34. The number of likely N-dealkylation sites (N-methyl/N-ethyl adjacent to an activating group) is 1. The minimum Gasteiger partial charge on any atom is -0.373 e. The zero-order chi connectivity index (χ0) is 22.5. The van der Waals surface area contributed by atoms with E-state index in [0.29, 0.717) is 11.3 Å². The Morgan fingerprint density at radius 3 is 2.32 bits per heavy atom. The number of ether oxygens (including phenoxy) is 1. The highest BCUT2D eigenvalue weighted by atomic mass is 19.4. The monoisotopic (exact) mass is 438 g/mol. The second-order valence-corrected chi connectivity index (χ2v) is 7.18. The van der Waals surface area contributed by atoms with Gasteiger partial charge in [-0.2, -0.15) is 13.2 Å². The van der Waals surface area contributed by atoms with Crippen molar-refractivity contribution in [2.24, 2.45) is 0 Å². The van der Waals surface area contributed by atoms with Crippen LogP contribution >= 0.6 is 0 Å². The van der Waals surface area contributed by atoms with Crippen molar-refractivity contribution in [3.63, 3.8) is 0 Å². The first-order valence-corrected chi connectivity index (χ1v) is 9.14. The van der Waals surface area contributed by atoms with Crippen molar-refractivity contribution < 1.29 is 31.5 Å². The number of hydrogen-bond donors (Lipinski definition) is 1. The Bertz CT molecular complexity index is 1230. The molecule has 3 aromatic rings. The summed E-state index contributed by atoms with van der Waals surface area (Å²) in [6, 6.07) is 4.62. The van der Waals surface area contributed by atoms with Crippen LogP contribution in [0.15, 0.2) is 41.2 Å². The van der Waals surface area contributed by atoms with Crippen molar-refractivity contribution in [2.75, 3.05) is 13.7 Å². The van der Waals surface area contributed by atoms with Crippen molar-refractivity contribution in [1.29, 1.82) is 0 Å². The van der Waals surface area contributed by atoms with E-state index in [0.717, 1.165) is 36.4 Å². The first-order chi connectivity index (χ1) is 14.6. The van der Waals surface area contributed by atoms with Crippen molar-refractivity contribution in [2.45, 2.75) is 18.8 Å². The molecule has 31 heavy (non-hydrogen) atoms. The van der Waals surface area contributed by atoms with Crippen LogP contribution in [0.2, 0.25) is 0 Å². The zero-order valence-corrected chi connectivity index (χ0v) is 16.0. The summed E-state index contributed by atoms with van der Waals surface area (Å²) in [6.07, 6.45) is -4.53. The highest BCUT2D eigenvalue weighted by Crippen LogP contribution is 2.34. The molecular formula is C21H15F5N2O3. The Balaban J connectivity index is 1.77. The summed E-state index contributed by atoms with van der Waals surface area (Å²) in [6.45, 7) is -0.00562. The third-order valence-electron chi connectivity index (χ3n) is 5.29. The number of H-pyrrole nitrogens is 1. The summed E-state index contributed by atoms with van der Waals surface area (Å²) in [7, 11) is 1.42. The van der Waals surface area contributed by atoms with Gasteiger partial charge in [-0.1, -0.05) is 0 Å². The fourth-order valence-corrected chi connectivity index (χ4v) is 3.69. The maximum atomic E-state index is 13.9. The Morgan fingerprint density at radius 1 is 1.10 bits per heavy atom. The molecule has 162 valence electrons. The van der Waals surface area contributed by atoms with E-state index in [9.17, 15) is 31.5 Å². The van der Waals surface area contributed by atoms with Crippen LogP contribution in [0.4, 0.5) is 22.0 Å². The molecule has 0 bridgehead atoms. The predicted octanol–water partition coefficient (Wildman–Crippen LogP) is 4.17. The van der Waals surface area contributed by atoms with E-state index in [-0.39, 0.29) is 29.5 Å². The van der Waals surface area contributed by atoms with E-state index < -0.39 is 40.9 Å². The molecule has 0 spiro atoms. The van der Waals surface area contributed by atoms with E-state index in [1.165, 1.54) is 11.9 Å². The molecular weight excluding hydrogens is 423 g/mol. The predicted molar refractivity (Wildman–Crippen MR) is 100 cm³/mol. The molecule has 2 heterocycles. The van der Waals surface area contributed by atoms with Crippen molar-refractivity contribution in [3.05, 3.63) is 80.8 Å². The van der Waals surface area contributed by atoms with Crippen molar-refractivity contribution >= 4 is 16.7 Å². The van der Waals surface area contributed by atoms with Gasteiger partial charge in [0.15, 0.2) is 11.6 Å². The lowest BCUT2D eigenvalue weighted by atomic mass is 9.95. The van der Waals surface area contributed by atoms with E-state index >= 15 is 0 Å². The number of carbonyl (C=O) groups is 1. The van der Waals surface area contributed by atoms with Gasteiger partial charge >= 0.3 is 6.18 Å². The number of rotatable bonds is 2. The molecule has 1 aromatic heterocycles. The number of aromatic nitrogens is 1. The van der Waals surface area contributed by atoms with Gasteiger partial charge in [-0.25, -0.2) is 8.78 Å². The molecule has 2 aromatic carbocycles. The first kappa shape index (κ1) is 21.0. The Labute approximate surface area is 172 Å². The lowest BCUT2D eigenvalue weighted by Crippen LogP contribution is -2.37. The number of carbonyl (C=O) groups excluding carboxylic acids is 1. The summed E-state index contributed by atoms with van der Waals surface area (Å²) in [5.41, 5.74) is -0.810. The minimum absolute atomic E-state index is 0.00167. The highest BCUT2D eigenvalue weighted by molar-refractivity contribution is 5.95. The number of aromatic amines is 1. The molecule has 1 aliphatic heterocycles. The minimum atomic E-state index is -4.53. The normalized spacial score (nSPS) is 16.3. The Kier molecular flexibility index (Phi) is 5.04. The molecule has 4 rings (SSSR count). The van der Waals surface area contributed by atoms with Gasteiger partial charge in [0.1, 0.15) is 0 Å². The van der Waals surface area contributed by atoms with Gasteiger partial charge in [0.25, 0.3) is 11.5 Å². The average molecular weight is 438 g/mol. The van der Waals surface area contributed by atoms with Gasteiger partial charge in [0.2, 0.25) is 0 Å². The van der Waals surface area contributed by atoms with E-state index in [4.69, 9.17) is 4.74 Å². The van der Waals surface area contributed by atoms with Crippen molar-refractivity contribution in [1.82, 2.24) is 9.88 Å². The molecule has 0 saturated carbocycles. The standard InChI is InChI=1S/C21H15F5N2O3/c1-28(20(30)10-2-4-11(5-3-10)21(24,25)26)17-9-31-8-16-18(17)12-6-14(22)15(23)7-13(12)19(29)27-16/h2-7,17H,8-9H2,1H3,(H,27,29)/t17-/m1/s1. The quantitative estimate of drug-likeness (QED) is 0.611. The number of halogens is 5. The van der Waals surface area contributed by atoms with Gasteiger partial charge < -0.3 is 14.6 Å². The highest BCUT2D eigenvalue weighted by Gasteiger charge is 2.33. The lowest BCUT2D eigenvalue weighted by molar-refractivity contribution is -0.137. The number of hydrogen-bond acceptors (Lipinski definition) is 3. The number of alkyl halides is 3. The molecule has 1 N–H and O–H groups in total. The Morgan fingerprint density at radius 2 is 1.71 bits per heavy atom. The van der Waals surface area contributed by atoms with Crippen LogP contribution in [0.25, 0.3) is 10.8 Å². The molecule has 0 unspecified atom stereocenters. The molecule has 0 fully saturated rings.